The number of nitrogens with one attached hydrogen (secondary N) is 1. The molecule has 0 radical (unpaired) electrons. The minimum Gasteiger partial charge on any atom is -0.306 e. The number of nitrogens with zero attached hydrogens (tertiary/aromatic N) is 1. The zero-order chi connectivity index (χ0) is 19.2. The standard InChI is InChI=1S/C20H16N2O3S2/c1-12-16(13-6-4-3-5-7-13)17-19(23)21-18(22-20(17)26-12)14-8-10-15(11-9-14)27(2,24)25/h3-11H,1-2H3,(H,21,22,23). The highest BCUT2D eigenvalue weighted by molar-refractivity contribution is 7.90. The lowest BCUT2D eigenvalue weighted by molar-refractivity contribution is 0.602. The second-order valence-electron chi connectivity index (χ2n) is 6.29. The maximum atomic E-state index is 12.8. The van der Waals surface area contributed by atoms with Crippen molar-refractivity contribution >= 4 is 31.4 Å². The Labute approximate surface area is 160 Å². The molecular formula is C20H16N2O3S2. The number of aromatic amines is 1. The van der Waals surface area contributed by atoms with Gasteiger partial charge in [0.1, 0.15) is 10.7 Å². The average molecular weight is 396 g/mol. The summed E-state index contributed by atoms with van der Waals surface area (Å²) in [5.41, 5.74) is 2.35. The van der Waals surface area contributed by atoms with Crippen LogP contribution in [0.15, 0.2) is 64.3 Å². The predicted octanol–water partition coefficient (Wildman–Crippen LogP) is 4.03. The van der Waals surface area contributed by atoms with Gasteiger partial charge in [0.2, 0.25) is 0 Å². The van der Waals surface area contributed by atoms with Crippen molar-refractivity contribution in [2.24, 2.45) is 0 Å². The van der Waals surface area contributed by atoms with Gasteiger partial charge in [-0.1, -0.05) is 30.3 Å². The van der Waals surface area contributed by atoms with Crippen LogP contribution in [0.1, 0.15) is 4.88 Å². The normalized spacial score (nSPS) is 11.8. The van der Waals surface area contributed by atoms with Crippen LogP contribution in [-0.2, 0) is 9.84 Å². The van der Waals surface area contributed by atoms with E-state index in [1.165, 1.54) is 23.5 Å². The average Bonchev–Trinajstić information content (AvgIpc) is 2.98. The van der Waals surface area contributed by atoms with Crippen LogP contribution < -0.4 is 5.56 Å². The number of benzene rings is 2. The van der Waals surface area contributed by atoms with Gasteiger partial charge in [-0.05, 0) is 36.8 Å². The smallest absolute Gasteiger partial charge is 0.260 e. The maximum absolute atomic E-state index is 12.8. The number of rotatable bonds is 3. The van der Waals surface area contributed by atoms with Gasteiger partial charge in [-0.2, -0.15) is 0 Å². The third-order valence-corrected chi connectivity index (χ3v) is 6.48. The molecule has 0 aliphatic heterocycles. The van der Waals surface area contributed by atoms with Gasteiger partial charge < -0.3 is 4.98 Å². The maximum Gasteiger partial charge on any atom is 0.260 e. The van der Waals surface area contributed by atoms with Crippen LogP contribution >= 0.6 is 11.3 Å². The lowest BCUT2D eigenvalue weighted by Gasteiger charge is -2.04. The van der Waals surface area contributed by atoms with Gasteiger partial charge in [-0.3, -0.25) is 4.79 Å². The topological polar surface area (TPSA) is 79.9 Å². The Morgan fingerprint density at radius 1 is 0.963 bits per heavy atom. The van der Waals surface area contributed by atoms with Gasteiger partial charge in [-0.25, -0.2) is 13.4 Å². The van der Waals surface area contributed by atoms with Gasteiger partial charge >= 0.3 is 0 Å². The molecule has 2 aromatic carbocycles. The summed E-state index contributed by atoms with van der Waals surface area (Å²) in [6, 6.07) is 16.1. The van der Waals surface area contributed by atoms with E-state index < -0.39 is 9.84 Å². The Morgan fingerprint density at radius 2 is 1.63 bits per heavy atom. The summed E-state index contributed by atoms with van der Waals surface area (Å²) in [6.07, 6.45) is 1.16. The van der Waals surface area contributed by atoms with Gasteiger partial charge in [0.15, 0.2) is 9.84 Å². The molecule has 27 heavy (non-hydrogen) atoms. The Kier molecular flexibility index (Phi) is 4.20. The second kappa shape index (κ2) is 6.44. The molecule has 0 atom stereocenters. The first kappa shape index (κ1) is 17.6. The molecule has 7 heteroatoms. The molecule has 0 fully saturated rings. The largest absolute Gasteiger partial charge is 0.306 e. The van der Waals surface area contributed by atoms with Crippen molar-refractivity contribution in [3.63, 3.8) is 0 Å². The molecule has 0 bridgehead atoms. The highest BCUT2D eigenvalue weighted by Gasteiger charge is 2.17. The molecular weight excluding hydrogens is 380 g/mol. The second-order valence-corrected chi connectivity index (χ2v) is 9.51. The first-order valence-electron chi connectivity index (χ1n) is 8.24. The fraction of sp³-hybridized carbons (Fsp3) is 0.100. The molecule has 0 spiro atoms. The molecule has 0 aliphatic rings. The van der Waals surface area contributed by atoms with E-state index in [-0.39, 0.29) is 10.5 Å². The quantitative estimate of drug-likeness (QED) is 0.567. The number of aromatic nitrogens is 2. The van der Waals surface area contributed by atoms with Crippen LogP contribution in [0, 0.1) is 6.92 Å². The molecule has 136 valence electrons. The van der Waals surface area contributed by atoms with E-state index >= 15 is 0 Å². The van der Waals surface area contributed by atoms with E-state index in [9.17, 15) is 13.2 Å². The Balaban J connectivity index is 1.88. The molecule has 0 aliphatic carbocycles. The number of aryl methyl sites for hydroxylation is 1. The van der Waals surface area contributed by atoms with Crippen molar-refractivity contribution in [2.45, 2.75) is 11.8 Å². The van der Waals surface area contributed by atoms with Gasteiger partial charge in [0.25, 0.3) is 5.56 Å². The minimum absolute atomic E-state index is 0.203. The molecule has 5 nitrogen and oxygen atoms in total. The van der Waals surface area contributed by atoms with Crippen LogP contribution in [0.5, 0.6) is 0 Å². The molecule has 0 unspecified atom stereocenters. The van der Waals surface area contributed by atoms with E-state index in [0.29, 0.717) is 21.6 Å². The van der Waals surface area contributed by atoms with Crippen LogP contribution in [0.3, 0.4) is 0 Å². The number of hydrogen-bond acceptors (Lipinski definition) is 5. The van der Waals surface area contributed by atoms with Crippen LogP contribution in [0.4, 0.5) is 0 Å². The number of thiophene rings is 1. The molecule has 1 N–H and O–H groups in total. The summed E-state index contributed by atoms with van der Waals surface area (Å²) >= 11 is 1.48. The summed E-state index contributed by atoms with van der Waals surface area (Å²) in [5, 5.41) is 0.584. The number of H-pyrrole nitrogens is 1. The molecule has 0 saturated heterocycles. The van der Waals surface area contributed by atoms with E-state index in [1.807, 2.05) is 37.3 Å². The Hall–Kier alpha value is -2.77. The van der Waals surface area contributed by atoms with Crippen molar-refractivity contribution < 1.29 is 8.42 Å². The summed E-state index contributed by atoms with van der Waals surface area (Å²) in [6.45, 7) is 1.98. The van der Waals surface area contributed by atoms with Crippen molar-refractivity contribution in [3.8, 4) is 22.5 Å². The van der Waals surface area contributed by atoms with Crippen molar-refractivity contribution in [3.05, 3.63) is 69.8 Å². The SMILES string of the molecule is Cc1sc2nc(-c3ccc(S(C)(=O)=O)cc3)[nH]c(=O)c2c1-c1ccccc1. The van der Waals surface area contributed by atoms with Crippen LogP contribution in [-0.4, -0.2) is 24.6 Å². The third-order valence-electron chi connectivity index (χ3n) is 4.36. The van der Waals surface area contributed by atoms with E-state index in [0.717, 1.165) is 22.3 Å². The molecule has 0 saturated carbocycles. The Morgan fingerprint density at radius 3 is 2.26 bits per heavy atom. The molecule has 4 rings (SSSR count). The zero-order valence-corrected chi connectivity index (χ0v) is 16.3. The highest BCUT2D eigenvalue weighted by atomic mass is 32.2. The lowest BCUT2D eigenvalue weighted by Crippen LogP contribution is -2.09. The summed E-state index contributed by atoms with van der Waals surface area (Å²) in [5.74, 6) is 0.424. The number of fused-ring (bicyclic) bond motifs is 1. The monoisotopic (exact) mass is 396 g/mol. The predicted molar refractivity (Wildman–Crippen MR) is 109 cm³/mol. The molecule has 4 aromatic rings. The summed E-state index contributed by atoms with van der Waals surface area (Å²) < 4.78 is 23.2. The number of sulfone groups is 1. The van der Waals surface area contributed by atoms with E-state index in [4.69, 9.17) is 0 Å². The summed E-state index contributed by atoms with van der Waals surface area (Å²) in [4.78, 5) is 22.2. The third kappa shape index (κ3) is 3.20. The molecule has 0 amide bonds. The minimum atomic E-state index is -3.27. The van der Waals surface area contributed by atoms with Crippen molar-refractivity contribution in [1.29, 1.82) is 0 Å². The lowest BCUT2D eigenvalue weighted by atomic mass is 10.0. The first-order valence-corrected chi connectivity index (χ1v) is 10.9. The van der Waals surface area contributed by atoms with Crippen molar-refractivity contribution in [1.82, 2.24) is 9.97 Å². The van der Waals surface area contributed by atoms with Crippen LogP contribution in [0.2, 0.25) is 0 Å². The van der Waals surface area contributed by atoms with Crippen molar-refractivity contribution in [2.75, 3.05) is 6.26 Å². The summed E-state index contributed by atoms with van der Waals surface area (Å²) in [7, 11) is -3.27. The highest BCUT2D eigenvalue weighted by Crippen LogP contribution is 2.36. The van der Waals surface area contributed by atoms with Gasteiger partial charge in [-0.15, -0.1) is 11.3 Å². The van der Waals surface area contributed by atoms with Crippen LogP contribution in [0.25, 0.3) is 32.7 Å². The first-order chi connectivity index (χ1) is 12.8. The molecule has 2 aromatic heterocycles. The Bertz CT molecular complexity index is 1300. The number of hydrogen-bond donors (Lipinski definition) is 1. The van der Waals surface area contributed by atoms with Gasteiger partial charge in [0, 0.05) is 22.3 Å². The van der Waals surface area contributed by atoms with Gasteiger partial charge in [0.05, 0.1) is 10.3 Å². The fourth-order valence-corrected chi connectivity index (χ4v) is 4.74. The molecule has 2 heterocycles. The van der Waals surface area contributed by atoms with E-state index in [2.05, 4.69) is 9.97 Å². The zero-order valence-electron chi connectivity index (χ0n) is 14.7. The van der Waals surface area contributed by atoms with E-state index in [1.54, 1.807) is 12.1 Å². The fourth-order valence-electron chi connectivity index (χ4n) is 3.07.